The highest BCUT2D eigenvalue weighted by atomic mass is 19.1. The molecule has 0 bridgehead atoms. The van der Waals surface area contributed by atoms with Crippen molar-refractivity contribution in [2.24, 2.45) is 11.8 Å². The van der Waals surface area contributed by atoms with Crippen LogP contribution in [-0.4, -0.2) is 52.3 Å². The van der Waals surface area contributed by atoms with Crippen molar-refractivity contribution in [3.63, 3.8) is 0 Å². The molecule has 6 nitrogen and oxygen atoms in total. The number of hydrogen-bond donors (Lipinski definition) is 1. The van der Waals surface area contributed by atoms with Crippen LogP contribution in [0.1, 0.15) is 50.5 Å². The number of halogens is 2. The Hall–Kier alpha value is -2.35. The minimum absolute atomic E-state index is 0.0162. The van der Waals surface area contributed by atoms with E-state index in [1.54, 1.807) is 0 Å². The maximum atomic E-state index is 14.1. The Morgan fingerprint density at radius 2 is 1.57 bits per heavy atom. The highest BCUT2D eigenvalue weighted by Gasteiger charge is 2.48. The fourth-order valence-corrected chi connectivity index (χ4v) is 5.14. The van der Waals surface area contributed by atoms with Crippen molar-refractivity contribution in [2.45, 2.75) is 50.5 Å². The number of fused-ring (bicyclic) bond motifs is 1. The van der Waals surface area contributed by atoms with Crippen molar-refractivity contribution in [3.8, 4) is 0 Å². The van der Waals surface area contributed by atoms with Crippen LogP contribution < -0.4 is 0 Å². The second-order valence-corrected chi connectivity index (χ2v) is 8.58. The zero-order valence-electron chi connectivity index (χ0n) is 16.8. The van der Waals surface area contributed by atoms with E-state index in [0.717, 1.165) is 37.8 Å². The summed E-state index contributed by atoms with van der Waals surface area (Å²) in [5.41, 5.74) is -2.02. The van der Waals surface area contributed by atoms with Gasteiger partial charge in [-0.3, -0.25) is 19.3 Å². The van der Waals surface area contributed by atoms with Gasteiger partial charge in [0, 0.05) is 26.1 Å². The van der Waals surface area contributed by atoms with Gasteiger partial charge in [0.25, 0.3) is 0 Å². The van der Waals surface area contributed by atoms with Crippen LogP contribution in [0.5, 0.6) is 0 Å². The summed E-state index contributed by atoms with van der Waals surface area (Å²) in [4.78, 5) is 40.4. The Morgan fingerprint density at radius 1 is 1.03 bits per heavy atom. The first-order valence-corrected chi connectivity index (χ1v) is 10.6. The fraction of sp³-hybridized carbons (Fsp3) is 0.591. The molecular formula is C22H26F2N2O4. The van der Waals surface area contributed by atoms with Gasteiger partial charge in [-0.2, -0.15) is 0 Å². The topological polar surface area (TPSA) is 77.9 Å². The Balaban J connectivity index is 1.34. The van der Waals surface area contributed by atoms with Gasteiger partial charge in [-0.25, -0.2) is 8.78 Å². The van der Waals surface area contributed by atoms with Crippen molar-refractivity contribution in [1.82, 2.24) is 9.80 Å². The maximum Gasteiger partial charge on any atom is 0.233 e. The zero-order chi connectivity index (χ0) is 21.5. The van der Waals surface area contributed by atoms with E-state index in [1.807, 2.05) is 0 Å². The molecule has 2 atom stereocenters. The first-order chi connectivity index (χ1) is 14.3. The number of likely N-dealkylation sites (tertiary alicyclic amines) is 2. The monoisotopic (exact) mass is 420 g/mol. The number of benzene rings is 1. The SMILES string of the molecule is O=C(CCN1C(=O)C2CCCCC2C1=O)N1CCC(O)(c2c(F)cccc2F)CC1. The molecule has 3 fully saturated rings. The molecule has 0 aromatic heterocycles. The van der Waals surface area contributed by atoms with Crippen LogP contribution in [0, 0.1) is 23.5 Å². The van der Waals surface area contributed by atoms with Gasteiger partial charge in [-0.1, -0.05) is 18.9 Å². The van der Waals surface area contributed by atoms with E-state index in [-0.39, 0.29) is 74.0 Å². The van der Waals surface area contributed by atoms with Crippen molar-refractivity contribution < 1.29 is 28.3 Å². The molecule has 8 heteroatoms. The summed E-state index contributed by atoms with van der Waals surface area (Å²) in [5.74, 6) is -2.64. The smallest absolute Gasteiger partial charge is 0.233 e. The van der Waals surface area contributed by atoms with Crippen LogP contribution in [0.25, 0.3) is 0 Å². The molecule has 3 amide bonds. The van der Waals surface area contributed by atoms with Crippen LogP contribution in [0.4, 0.5) is 8.78 Å². The van der Waals surface area contributed by atoms with E-state index in [2.05, 4.69) is 0 Å². The molecular weight excluding hydrogens is 394 g/mol. The molecule has 2 heterocycles. The van der Waals surface area contributed by atoms with Gasteiger partial charge in [0.15, 0.2) is 0 Å². The van der Waals surface area contributed by atoms with Crippen LogP contribution in [0.3, 0.4) is 0 Å². The van der Waals surface area contributed by atoms with Crippen molar-refractivity contribution in [3.05, 3.63) is 35.4 Å². The van der Waals surface area contributed by atoms with E-state index < -0.39 is 17.2 Å². The lowest BCUT2D eigenvalue weighted by molar-refractivity contribution is -0.141. The largest absolute Gasteiger partial charge is 0.385 e. The Kier molecular flexibility index (Phi) is 5.61. The third-order valence-electron chi connectivity index (χ3n) is 6.85. The average molecular weight is 420 g/mol. The number of imide groups is 1. The van der Waals surface area contributed by atoms with Gasteiger partial charge >= 0.3 is 0 Å². The molecule has 2 unspecified atom stereocenters. The molecule has 2 aliphatic heterocycles. The highest BCUT2D eigenvalue weighted by Crippen LogP contribution is 2.38. The fourth-order valence-electron chi connectivity index (χ4n) is 5.14. The van der Waals surface area contributed by atoms with E-state index in [9.17, 15) is 28.3 Å². The van der Waals surface area contributed by atoms with Crippen molar-refractivity contribution >= 4 is 17.7 Å². The quantitative estimate of drug-likeness (QED) is 0.759. The van der Waals surface area contributed by atoms with Crippen LogP contribution in [-0.2, 0) is 20.0 Å². The lowest BCUT2D eigenvalue weighted by Gasteiger charge is -2.38. The van der Waals surface area contributed by atoms with Crippen molar-refractivity contribution in [2.75, 3.05) is 19.6 Å². The predicted molar refractivity (Wildman–Crippen MR) is 103 cm³/mol. The lowest BCUT2D eigenvalue weighted by Crippen LogP contribution is -2.46. The number of amides is 3. The minimum Gasteiger partial charge on any atom is -0.385 e. The number of aliphatic hydroxyl groups is 1. The number of hydrogen-bond acceptors (Lipinski definition) is 4. The molecule has 1 aliphatic carbocycles. The summed E-state index contributed by atoms with van der Waals surface area (Å²) >= 11 is 0. The first-order valence-electron chi connectivity index (χ1n) is 10.6. The number of carbonyl (C=O) groups excluding carboxylic acids is 3. The summed E-state index contributed by atoms with van der Waals surface area (Å²) in [6.07, 6.45) is 3.42. The normalized spacial score (nSPS) is 26.1. The predicted octanol–water partition coefficient (Wildman–Crippen LogP) is 2.34. The first kappa shape index (κ1) is 20.9. The third-order valence-corrected chi connectivity index (χ3v) is 6.85. The molecule has 1 saturated carbocycles. The summed E-state index contributed by atoms with van der Waals surface area (Å²) in [6.45, 7) is 0.360. The van der Waals surface area contributed by atoms with Gasteiger partial charge in [-0.05, 0) is 37.8 Å². The van der Waals surface area contributed by atoms with Gasteiger partial charge in [0.05, 0.1) is 23.0 Å². The van der Waals surface area contributed by atoms with Crippen molar-refractivity contribution in [1.29, 1.82) is 0 Å². The molecule has 30 heavy (non-hydrogen) atoms. The molecule has 2 saturated heterocycles. The molecule has 3 aliphatic rings. The van der Waals surface area contributed by atoms with E-state index in [1.165, 1.54) is 15.9 Å². The summed E-state index contributed by atoms with van der Waals surface area (Å²) < 4.78 is 28.2. The Labute approximate surface area is 173 Å². The van der Waals surface area contributed by atoms with Crippen LogP contribution in [0.15, 0.2) is 18.2 Å². The Morgan fingerprint density at radius 3 is 2.10 bits per heavy atom. The molecule has 1 N–H and O–H groups in total. The summed E-state index contributed by atoms with van der Waals surface area (Å²) in [5, 5.41) is 10.8. The standard InChI is InChI=1S/C22H26F2N2O4/c23-16-6-3-7-17(24)19(16)22(30)9-12-25(13-10-22)18(27)8-11-26-20(28)14-4-1-2-5-15(14)21(26)29/h3,6-7,14-15,30H,1-2,4-5,8-13H2. The van der Waals surface area contributed by atoms with Gasteiger partial charge in [0.2, 0.25) is 17.7 Å². The summed E-state index contributed by atoms with van der Waals surface area (Å²) in [7, 11) is 0. The molecule has 4 rings (SSSR count). The maximum absolute atomic E-state index is 14.1. The Bertz CT molecular complexity index is 822. The second kappa shape index (κ2) is 8.06. The molecule has 1 aromatic rings. The van der Waals surface area contributed by atoms with Crippen LogP contribution >= 0.6 is 0 Å². The highest BCUT2D eigenvalue weighted by molar-refractivity contribution is 6.05. The lowest BCUT2D eigenvalue weighted by atomic mass is 9.81. The summed E-state index contributed by atoms with van der Waals surface area (Å²) in [6, 6.07) is 3.46. The second-order valence-electron chi connectivity index (χ2n) is 8.58. The number of rotatable bonds is 4. The average Bonchev–Trinajstić information content (AvgIpc) is 2.97. The van der Waals surface area contributed by atoms with E-state index >= 15 is 0 Å². The molecule has 0 spiro atoms. The number of carbonyl (C=O) groups is 3. The number of nitrogens with zero attached hydrogens (tertiary/aromatic N) is 2. The third kappa shape index (κ3) is 3.62. The van der Waals surface area contributed by atoms with Gasteiger partial charge in [0.1, 0.15) is 11.6 Å². The number of piperidine rings is 1. The van der Waals surface area contributed by atoms with E-state index in [0.29, 0.717) is 0 Å². The molecule has 1 aromatic carbocycles. The van der Waals surface area contributed by atoms with Crippen LogP contribution in [0.2, 0.25) is 0 Å². The molecule has 162 valence electrons. The van der Waals surface area contributed by atoms with Gasteiger partial charge in [-0.15, -0.1) is 0 Å². The van der Waals surface area contributed by atoms with E-state index in [4.69, 9.17) is 0 Å². The van der Waals surface area contributed by atoms with Gasteiger partial charge < -0.3 is 10.0 Å². The molecule has 0 radical (unpaired) electrons. The minimum atomic E-state index is -1.66. The zero-order valence-corrected chi connectivity index (χ0v) is 16.8.